The Bertz CT molecular complexity index is 698. The predicted molar refractivity (Wildman–Crippen MR) is 92.6 cm³/mol. The van der Waals surface area contributed by atoms with Crippen LogP contribution in [0.25, 0.3) is 6.08 Å². The molecule has 0 spiro atoms. The van der Waals surface area contributed by atoms with Gasteiger partial charge in [0, 0.05) is 17.3 Å². The van der Waals surface area contributed by atoms with Crippen LogP contribution in [-0.2, 0) is 4.79 Å². The van der Waals surface area contributed by atoms with Gasteiger partial charge in [0.05, 0.1) is 6.54 Å². The maximum absolute atomic E-state index is 10.7. The number of aliphatic carboxylic acids is 1. The van der Waals surface area contributed by atoms with Gasteiger partial charge >= 0.3 is 5.97 Å². The molecule has 1 aliphatic heterocycles. The van der Waals surface area contributed by atoms with Gasteiger partial charge in [0.15, 0.2) is 0 Å². The zero-order valence-corrected chi connectivity index (χ0v) is 13.3. The van der Waals surface area contributed by atoms with E-state index in [1.807, 2.05) is 59.5 Å². The molecule has 3 rings (SSSR count). The van der Waals surface area contributed by atoms with E-state index in [-0.39, 0.29) is 6.54 Å². The molecule has 0 amide bonds. The summed E-state index contributed by atoms with van der Waals surface area (Å²) in [4.78, 5) is 13.8. The number of hydrogen-bond donors (Lipinski definition) is 1. The normalized spacial score (nSPS) is 16.6. The van der Waals surface area contributed by atoms with Crippen LogP contribution in [0, 0.1) is 0 Å². The van der Waals surface area contributed by atoms with Crippen LogP contribution in [0.3, 0.4) is 0 Å². The van der Waals surface area contributed by atoms with Gasteiger partial charge in [-0.15, -0.1) is 11.8 Å². The lowest BCUT2D eigenvalue weighted by molar-refractivity contribution is -0.137. The van der Waals surface area contributed by atoms with E-state index in [0.717, 1.165) is 22.9 Å². The van der Waals surface area contributed by atoms with Crippen LogP contribution in [0.5, 0.6) is 11.5 Å². The number of carboxylic acid groups (broad SMARTS) is 1. The second-order valence-corrected chi connectivity index (χ2v) is 6.32. The Morgan fingerprint density at radius 1 is 1.13 bits per heavy atom. The van der Waals surface area contributed by atoms with Gasteiger partial charge in [-0.25, -0.2) is 0 Å². The van der Waals surface area contributed by atoms with Gasteiger partial charge in [0.1, 0.15) is 11.5 Å². The molecule has 1 heterocycles. The van der Waals surface area contributed by atoms with Crippen molar-refractivity contribution in [3.05, 3.63) is 65.1 Å². The minimum absolute atomic E-state index is 0.0915. The molecule has 1 saturated heterocycles. The summed E-state index contributed by atoms with van der Waals surface area (Å²) in [6, 6.07) is 17.6. The standard InChI is InChI=1S/C18H17NO3S/c20-18(21)12-19-11-17(23-13-19)10-14-6-8-16(9-7-14)22-15-4-2-1-3-5-15/h1-10H,11-13H2,(H,20,21). The molecule has 0 bridgehead atoms. The van der Waals surface area contributed by atoms with E-state index in [0.29, 0.717) is 6.54 Å². The third kappa shape index (κ3) is 4.61. The lowest BCUT2D eigenvalue weighted by atomic mass is 10.2. The SMILES string of the molecule is O=C(O)CN1CSC(=Cc2ccc(Oc3ccccc3)cc2)C1. The average Bonchev–Trinajstić information content (AvgIpc) is 2.96. The van der Waals surface area contributed by atoms with Gasteiger partial charge in [-0.2, -0.15) is 0 Å². The molecule has 118 valence electrons. The summed E-state index contributed by atoms with van der Waals surface area (Å²) in [6.45, 7) is 0.785. The van der Waals surface area contributed by atoms with Crippen molar-refractivity contribution in [1.29, 1.82) is 0 Å². The summed E-state index contributed by atoms with van der Waals surface area (Å²) in [7, 11) is 0. The lowest BCUT2D eigenvalue weighted by Gasteiger charge is -2.08. The molecule has 2 aromatic rings. The van der Waals surface area contributed by atoms with E-state index in [1.54, 1.807) is 11.8 Å². The Morgan fingerprint density at radius 2 is 1.83 bits per heavy atom. The minimum atomic E-state index is -0.783. The van der Waals surface area contributed by atoms with Crippen molar-refractivity contribution in [2.75, 3.05) is 19.0 Å². The van der Waals surface area contributed by atoms with Gasteiger partial charge < -0.3 is 9.84 Å². The fraction of sp³-hybridized carbons (Fsp3) is 0.167. The summed E-state index contributed by atoms with van der Waals surface area (Å²) in [5, 5.41) is 8.82. The predicted octanol–water partition coefficient (Wildman–Crippen LogP) is 3.91. The van der Waals surface area contributed by atoms with Crippen LogP contribution in [0.4, 0.5) is 0 Å². The van der Waals surface area contributed by atoms with Gasteiger partial charge in [-0.3, -0.25) is 9.69 Å². The third-order valence-electron chi connectivity index (χ3n) is 3.36. The van der Waals surface area contributed by atoms with Gasteiger partial charge in [0.2, 0.25) is 0 Å². The number of thioether (sulfide) groups is 1. The van der Waals surface area contributed by atoms with Crippen molar-refractivity contribution in [2.45, 2.75) is 0 Å². The number of nitrogens with zero attached hydrogens (tertiary/aromatic N) is 1. The summed E-state index contributed by atoms with van der Waals surface area (Å²) >= 11 is 1.69. The maximum Gasteiger partial charge on any atom is 0.317 e. The topological polar surface area (TPSA) is 49.8 Å². The monoisotopic (exact) mass is 327 g/mol. The van der Waals surface area contributed by atoms with E-state index in [1.165, 1.54) is 4.91 Å². The van der Waals surface area contributed by atoms with Gasteiger partial charge in [-0.1, -0.05) is 30.3 Å². The second-order valence-electron chi connectivity index (χ2n) is 5.25. The Hall–Kier alpha value is -2.24. The van der Waals surface area contributed by atoms with Crippen molar-refractivity contribution in [2.24, 2.45) is 0 Å². The lowest BCUT2D eigenvalue weighted by Crippen LogP contribution is -2.26. The second kappa shape index (κ2) is 7.35. The van der Waals surface area contributed by atoms with Crippen molar-refractivity contribution in [3.63, 3.8) is 0 Å². The summed E-state index contributed by atoms with van der Waals surface area (Å²) in [5.74, 6) is 1.56. The molecule has 4 nitrogen and oxygen atoms in total. The number of rotatable bonds is 5. The van der Waals surface area contributed by atoms with E-state index >= 15 is 0 Å². The number of hydrogen-bond acceptors (Lipinski definition) is 4. The summed E-state index contributed by atoms with van der Waals surface area (Å²) in [6.07, 6.45) is 2.10. The molecule has 0 saturated carbocycles. The first kappa shape index (κ1) is 15.6. The van der Waals surface area contributed by atoms with Crippen LogP contribution in [-0.4, -0.2) is 34.9 Å². The van der Waals surface area contributed by atoms with Crippen LogP contribution in [0.2, 0.25) is 0 Å². The number of benzene rings is 2. The highest BCUT2D eigenvalue weighted by Gasteiger charge is 2.19. The molecule has 5 heteroatoms. The zero-order chi connectivity index (χ0) is 16.1. The minimum Gasteiger partial charge on any atom is -0.480 e. The Kier molecular flexibility index (Phi) is 5.00. The highest BCUT2D eigenvalue weighted by Crippen LogP contribution is 2.29. The molecule has 1 aliphatic rings. The van der Waals surface area contributed by atoms with E-state index in [4.69, 9.17) is 9.84 Å². The number of carbonyl (C=O) groups is 1. The van der Waals surface area contributed by atoms with E-state index < -0.39 is 5.97 Å². The molecule has 0 aliphatic carbocycles. The molecule has 1 fully saturated rings. The first-order chi connectivity index (χ1) is 11.2. The summed E-state index contributed by atoms with van der Waals surface area (Å²) < 4.78 is 5.76. The first-order valence-electron chi connectivity index (χ1n) is 7.29. The summed E-state index contributed by atoms with van der Waals surface area (Å²) in [5.41, 5.74) is 1.09. The van der Waals surface area contributed by atoms with Crippen LogP contribution < -0.4 is 4.74 Å². The quantitative estimate of drug-likeness (QED) is 0.902. The molecular weight excluding hydrogens is 310 g/mol. The van der Waals surface area contributed by atoms with Crippen molar-refractivity contribution in [3.8, 4) is 11.5 Å². The number of ether oxygens (including phenoxy) is 1. The molecule has 0 unspecified atom stereocenters. The highest BCUT2D eigenvalue weighted by atomic mass is 32.2. The molecule has 2 aromatic carbocycles. The smallest absolute Gasteiger partial charge is 0.317 e. The molecule has 0 radical (unpaired) electrons. The Morgan fingerprint density at radius 3 is 2.52 bits per heavy atom. The van der Waals surface area contributed by atoms with Crippen LogP contribution in [0.1, 0.15) is 5.56 Å². The average molecular weight is 327 g/mol. The Balaban J connectivity index is 1.62. The van der Waals surface area contributed by atoms with E-state index in [9.17, 15) is 4.79 Å². The Labute approximate surface area is 139 Å². The number of para-hydroxylation sites is 1. The molecule has 23 heavy (non-hydrogen) atoms. The van der Waals surface area contributed by atoms with Crippen molar-refractivity contribution >= 4 is 23.8 Å². The third-order valence-corrected chi connectivity index (χ3v) is 4.47. The molecule has 0 atom stereocenters. The van der Waals surface area contributed by atoms with E-state index in [2.05, 4.69) is 6.08 Å². The maximum atomic E-state index is 10.7. The molecular formula is C18H17NO3S. The highest BCUT2D eigenvalue weighted by molar-refractivity contribution is 8.03. The molecule has 0 aromatic heterocycles. The van der Waals surface area contributed by atoms with Crippen LogP contribution in [0.15, 0.2) is 59.5 Å². The molecule has 1 N–H and O–H groups in total. The first-order valence-corrected chi connectivity index (χ1v) is 8.28. The fourth-order valence-corrected chi connectivity index (χ4v) is 3.33. The van der Waals surface area contributed by atoms with Crippen molar-refractivity contribution in [1.82, 2.24) is 4.90 Å². The zero-order valence-electron chi connectivity index (χ0n) is 12.5. The van der Waals surface area contributed by atoms with Crippen LogP contribution >= 0.6 is 11.8 Å². The van der Waals surface area contributed by atoms with Gasteiger partial charge in [-0.05, 0) is 35.9 Å². The van der Waals surface area contributed by atoms with Gasteiger partial charge in [0.25, 0.3) is 0 Å². The fourth-order valence-electron chi connectivity index (χ4n) is 2.31. The van der Waals surface area contributed by atoms with Crippen molar-refractivity contribution < 1.29 is 14.6 Å². The number of carboxylic acids is 1. The largest absolute Gasteiger partial charge is 0.480 e.